The smallest absolute Gasteiger partial charge is 0.270 e. The molecule has 7 heteroatoms. The predicted octanol–water partition coefficient (Wildman–Crippen LogP) is 2.77. The lowest BCUT2D eigenvalue weighted by Gasteiger charge is -2.28. The van der Waals surface area contributed by atoms with E-state index >= 15 is 0 Å². The average molecular weight is 398 g/mol. The Morgan fingerprint density at radius 1 is 1.17 bits per heavy atom. The van der Waals surface area contributed by atoms with Gasteiger partial charge in [-0.1, -0.05) is 19.9 Å². The second-order valence-corrected chi connectivity index (χ2v) is 8.24. The van der Waals surface area contributed by atoms with Crippen LogP contribution in [0.2, 0.25) is 0 Å². The Morgan fingerprint density at radius 2 is 1.90 bits per heavy atom. The number of aromatic nitrogens is 3. The molecule has 3 rings (SSSR count). The predicted molar refractivity (Wildman–Crippen MR) is 114 cm³/mol. The van der Waals surface area contributed by atoms with Crippen molar-refractivity contribution >= 4 is 11.9 Å². The highest BCUT2D eigenvalue weighted by Gasteiger charge is 2.22. The SMILES string of the molecule is Cc1cc(CN(CC(C)C)C(=O)c2cccc(=O)n2C)nc(N2CCCCC2)n1. The lowest BCUT2D eigenvalue weighted by molar-refractivity contribution is 0.0709. The van der Waals surface area contributed by atoms with Gasteiger partial charge in [-0.25, -0.2) is 9.97 Å². The van der Waals surface area contributed by atoms with Crippen LogP contribution in [-0.4, -0.2) is 45.0 Å². The second kappa shape index (κ2) is 9.20. The van der Waals surface area contributed by atoms with E-state index in [1.807, 2.05) is 13.0 Å². The summed E-state index contributed by atoms with van der Waals surface area (Å²) < 4.78 is 1.40. The molecule has 1 aliphatic rings. The highest BCUT2D eigenvalue weighted by Crippen LogP contribution is 2.18. The molecule has 0 saturated carbocycles. The summed E-state index contributed by atoms with van der Waals surface area (Å²) in [6, 6.07) is 6.73. The lowest BCUT2D eigenvalue weighted by atomic mass is 10.1. The molecule has 2 aromatic rings. The van der Waals surface area contributed by atoms with Gasteiger partial charge in [-0.3, -0.25) is 9.59 Å². The van der Waals surface area contributed by atoms with Gasteiger partial charge in [0.25, 0.3) is 11.5 Å². The van der Waals surface area contributed by atoms with Crippen LogP contribution in [0.15, 0.2) is 29.1 Å². The van der Waals surface area contributed by atoms with Gasteiger partial charge in [-0.05, 0) is 44.2 Å². The highest BCUT2D eigenvalue weighted by molar-refractivity contribution is 5.92. The summed E-state index contributed by atoms with van der Waals surface area (Å²) in [5.74, 6) is 0.891. The van der Waals surface area contributed by atoms with Crippen molar-refractivity contribution in [2.24, 2.45) is 13.0 Å². The van der Waals surface area contributed by atoms with Crippen molar-refractivity contribution in [1.82, 2.24) is 19.4 Å². The Hall–Kier alpha value is -2.70. The van der Waals surface area contributed by atoms with E-state index < -0.39 is 0 Å². The Kier molecular flexibility index (Phi) is 6.67. The van der Waals surface area contributed by atoms with Crippen molar-refractivity contribution < 1.29 is 4.79 Å². The van der Waals surface area contributed by atoms with Crippen molar-refractivity contribution in [3.05, 3.63) is 51.7 Å². The first-order valence-electron chi connectivity index (χ1n) is 10.4. The number of hydrogen-bond acceptors (Lipinski definition) is 5. The van der Waals surface area contributed by atoms with E-state index in [1.165, 1.54) is 17.1 Å². The first-order valence-corrected chi connectivity index (χ1v) is 10.4. The monoisotopic (exact) mass is 397 g/mol. The fraction of sp³-hybridized carbons (Fsp3) is 0.545. The van der Waals surface area contributed by atoms with E-state index in [1.54, 1.807) is 24.1 Å². The van der Waals surface area contributed by atoms with Crippen molar-refractivity contribution in [2.75, 3.05) is 24.5 Å². The number of nitrogens with zero attached hydrogens (tertiary/aromatic N) is 5. The summed E-state index contributed by atoms with van der Waals surface area (Å²) >= 11 is 0. The Bertz CT molecular complexity index is 916. The number of hydrogen-bond donors (Lipinski definition) is 0. The minimum Gasteiger partial charge on any atom is -0.341 e. The Morgan fingerprint density at radius 3 is 2.59 bits per heavy atom. The van der Waals surface area contributed by atoms with Crippen LogP contribution >= 0.6 is 0 Å². The number of rotatable bonds is 6. The maximum Gasteiger partial charge on any atom is 0.270 e. The van der Waals surface area contributed by atoms with Crippen molar-refractivity contribution in [2.45, 2.75) is 46.6 Å². The largest absolute Gasteiger partial charge is 0.341 e. The maximum atomic E-state index is 13.2. The third-order valence-electron chi connectivity index (χ3n) is 5.16. The average Bonchev–Trinajstić information content (AvgIpc) is 2.69. The first-order chi connectivity index (χ1) is 13.8. The lowest BCUT2D eigenvalue weighted by Crippen LogP contribution is -2.37. The normalized spacial score (nSPS) is 14.3. The third kappa shape index (κ3) is 5.22. The van der Waals surface area contributed by atoms with Gasteiger partial charge in [-0.2, -0.15) is 0 Å². The molecule has 0 spiro atoms. The molecule has 0 N–H and O–H groups in total. The van der Waals surface area contributed by atoms with Crippen LogP contribution in [0.25, 0.3) is 0 Å². The molecular weight excluding hydrogens is 366 g/mol. The molecule has 0 aliphatic carbocycles. The second-order valence-electron chi connectivity index (χ2n) is 8.24. The van der Waals surface area contributed by atoms with Crippen molar-refractivity contribution in [3.8, 4) is 0 Å². The van der Waals surface area contributed by atoms with Crippen LogP contribution in [0.5, 0.6) is 0 Å². The van der Waals surface area contributed by atoms with Gasteiger partial charge in [0.05, 0.1) is 12.2 Å². The molecule has 0 aromatic carbocycles. The zero-order valence-electron chi connectivity index (χ0n) is 17.9. The summed E-state index contributed by atoms with van der Waals surface area (Å²) in [6.07, 6.45) is 3.57. The van der Waals surface area contributed by atoms with E-state index in [-0.39, 0.29) is 11.5 Å². The van der Waals surface area contributed by atoms with Crippen LogP contribution in [0.3, 0.4) is 0 Å². The molecule has 2 aromatic heterocycles. The van der Waals surface area contributed by atoms with Gasteiger partial charge in [0.15, 0.2) is 0 Å². The molecule has 0 radical (unpaired) electrons. The molecule has 29 heavy (non-hydrogen) atoms. The van der Waals surface area contributed by atoms with Crippen LogP contribution in [-0.2, 0) is 13.6 Å². The van der Waals surface area contributed by atoms with Gasteiger partial charge in [0.2, 0.25) is 5.95 Å². The number of carbonyl (C=O) groups excluding carboxylic acids is 1. The Labute approximate surface area is 172 Å². The minimum absolute atomic E-state index is 0.158. The van der Waals surface area contributed by atoms with Gasteiger partial charge in [0, 0.05) is 38.4 Å². The Balaban J connectivity index is 1.88. The molecule has 156 valence electrons. The third-order valence-corrected chi connectivity index (χ3v) is 5.16. The van der Waals surface area contributed by atoms with E-state index in [2.05, 4.69) is 23.7 Å². The molecule has 3 heterocycles. The fourth-order valence-corrected chi connectivity index (χ4v) is 3.73. The quantitative estimate of drug-likeness (QED) is 0.750. The van der Waals surface area contributed by atoms with E-state index in [0.29, 0.717) is 24.7 Å². The number of pyridine rings is 1. The molecule has 7 nitrogen and oxygen atoms in total. The number of piperidine rings is 1. The summed E-state index contributed by atoms with van der Waals surface area (Å²) in [6.45, 7) is 9.05. The standard InChI is InChI=1S/C22H31N5O2/c1-16(2)14-27(21(29)19-9-8-10-20(28)25(19)4)15-18-13-17(3)23-22(24-18)26-11-6-5-7-12-26/h8-10,13,16H,5-7,11-12,14-15H2,1-4H3. The van der Waals surface area contributed by atoms with Crippen LogP contribution in [0.1, 0.15) is 55.0 Å². The summed E-state index contributed by atoms with van der Waals surface area (Å²) in [5, 5.41) is 0. The molecule has 1 amide bonds. The summed E-state index contributed by atoms with van der Waals surface area (Å²) in [5.41, 5.74) is 1.93. The molecule has 1 aliphatic heterocycles. The van der Waals surface area contributed by atoms with Crippen LogP contribution in [0.4, 0.5) is 5.95 Å². The summed E-state index contributed by atoms with van der Waals surface area (Å²) in [4.78, 5) is 38.6. The van der Waals surface area contributed by atoms with Gasteiger partial charge in [0.1, 0.15) is 5.69 Å². The molecule has 0 unspecified atom stereocenters. The number of anilines is 1. The molecule has 0 atom stereocenters. The van der Waals surface area contributed by atoms with Gasteiger partial charge >= 0.3 is 0 Å². The van der Waals surface area contributed by atoms with E-state index in [0.717, 1.165) is 43.3 Å². The van der Waals surface area contributed by atoms with Gasteiger partial charge in [-0.15, -0.1) is 0 Å². The molecular formula is C22H31N5O2. The van der Waals surface area contributed by atoms with Crippen LogP contribution in [0, 0.1) is 12.8 Å². The van der Waals surface area contributed by atoms with Crippen molar-refractivity contribution in [3.63, 3.8) is 0 Å². The van der Waals surface area contributed by atoms with E-state index in [9.17, 15) is 9.59 Å². The topological polar surface area (TPSA) is 71.3 Å². The molecule has 1 saturated heterocycles. The maximum absolute atomic E-state index is 13.2. The molecule has 0 bridgehead atoms. The minimum atomic E-state index is -0.189. The number of aryl methyl sites for hydroxylation is 1. The van der Waals surface area contributed by atoms with Crippen molar-refractivity contribution in [1.29, 1.82) is 0 Å². The zero-order valence-corrected chi connectivity index (χ0v) is 17.9. The van der Waals surface area contributed by atoms with E-state index in [4.69, 9.17) is 4.98 Å². The fourth-order valence-electron chi connectivity index (χ4n) is 3.73. The zero-order chi connectivity index (χ0) is 21.0. The number of carbonyl (C=O) groups is 1. The highest BCUT2D eigenvalue weighted by atomic mass is 16.2. The number of amides is 1. The van der Waals surface area contributed by atoms with Gasteiger partial charge < -0.3 is 14.4 Å². The molecule has 1 fully saturated rings. The van der Waals surface area contributed by atoms with Crippen LogP contribution < -0.4 is 10.5 Å². The summed E-state index contributed by atoms with van der Waals surface area (Å²) in [7, 11) is 1.63. The first kappa shape index (κ1) is 21.0.